The van der Waals surface area contributed by atoms with E-state index in [2.05, 4.69) is 9.88 Å². The second-order valence-electron chi connectivity index (χ2n) is 6.44. The molecule has 0 saturated carbocycles. The van der Waals surface area contributed by atoms with Crippen LogP contribution in [0.15, 0.2) is 40.1 Å². The van der Waals surface area contributed by atoms with Crippen LogP contribution in [0.5, 0.6) is 0 Å². The maximum atomic E-state index is 13.9. The highest BCUT2D eigenvalue weighted by atomic mass is 19.1. The number of hydrogen-bond donors (Lipinski definition) is 1. The summed E-state index contributed by atoms with van der Waals surface area (Å²) in [6.45, 7) is 2.44. The molecule has 1 aliphatic rings. The number of hydrogen-bond acceptors (Lipinski definition) is 4. The average molecular weight is 360 g/mol. The van der Waals surface area contributed by atoms with Crippen molar-refractivity contribution in [3.8, 4) is 0 Å². The summed E-state index contributed by atoms with van der Waals surface area (Å²) in [4.78, 5) is 43.7. The molecular weight excluding hydrogens is 339 g/mol. The van der Waals surface area contributed by atoms with Crippen LogP contribution in [0.2, 0.25) is 0 Å². The fraction of sp³-hybridized carbons (Fsp3) is 0.389. The first kappa shape index (κ1) is 18.1. The van der Waals surface area contributed by atoms with Crippen LogP contribution in [0.3, 0.4) is 0 Å². The molecule has 0 radical (unpaired) electrons. The molecule has 2 aromatic rings. The summed E-state index contributed by atoms with van der Waals surface area (Å²) in [5.41, 5.74) is -1.28. The Morgan fingerprint density at radius 2 is 1.92 bits per heavy atom. The number of carbonyl (C=O) groups excluding carboxylic acids is 1. The summed E-state index contributed by atoms with van der Waals surface area (Å²) in [6.07, 6.45) is 1.97. The van der Waals surface area contributed by atoms with Crippen molar-refractivity contribution in [3.05, 3.63) is 68.2 Å². The first-order chi connectivity index (χ1) is 12.5. The van der Waals surface area contributed by atoms with Gasteiger partial charge in [0.15, 0.2) is 0 Å². The van der Waals surface area contributed by atoms with E-state index in [1.807, 2.05) is 7.05 Å². The lowest BCUT2D eigenvalue weighted by molar-refractivity contribution is 0.0759. The maximum absolute atomic E-state index is 13.9. The van der Waals surface area contributed by atoms with E-state index in [0.717, 1.165) is 30.3 Å². The van der Waals surface area contributed by atoms with Gasteiger partial charge in [-0.15, -0.1) is 0 Å². The first-order valence-corrected chi connectivity index (χ1v) is 8.51. The van der Waals surface area contributed by atoms with Crippen molar-refractivity contribution in [2.45, 2.75) is 13.0 Å². The number of nitrogens with zero attached hydrogens (tertiary/aromatic N) is 3. The Bertz CT molecular complexity index is 921. The van der Waals surface area contributed by atoms with Gasteiger partial charge in [0, 0.05) is 31.4 Å². The van der Waals surface area contributed by atoms with E-state index in [9.17, 15) is 18.8 Å². The molecule has 1 aliphatic heterocycles. The van der Waals surface area contributed by atoms with Gasteiger partial charge in [-0.3, -0.25) is 14.2 Å². The molecule has 1 aromatic carbocycles. The maximum Gasteiger partial charge on any atom is 0.328 e. The topological polar surface area (TPSA) is 78.4 Å². The highest BCUT2D eigenvalue weighted by Gasteiger charge is 2.23. The van der Waals surface area contributed by atoms with Crippen LogP contribution in [-0.2, 0) is 6.54 Å². The number of H-pyrrole nitrogens is 1. The molecule has 0 aliphatic carbocycles. The van der Waals surface area contributed by atoms with E-state index in [1.165, 1.54) is 18.2 Å². The molecule has 0 unspecified atom stereocenters. The van der Waals surface area contributed by atoms with Crippen LogP contribution in [0.4, 0.5) is 4.39 Å². The van der Waals surface area contributed by atoms with E-state index in [-0.39, 0.29) is 17.7 Å². The highest BCUT2D eigenvalue weighted by Crippen LogP contribution is 2.08. The van der Waals surface area contributed by atoms with Gasteiger partial charge in [-0.25, -0.2) is 9.18 Å². The second-order valence-corrected chi connectivity index (χ2v) is 6.44. The Hall–Kier alpha value is -2.74. The lowest BCUT2D eigenvalue weighted by atomic mass is 10.2. The van der Waals surface area contributed by atoms with Gasteiger partial charge >= 0.3 is 5.69 Å². The molecule has 1 saturated heterocycles. The van der Waals surface area contributed by atoms with Gasteiger partial charge in [0.1, 0.15) is 11.4 Å². The van der Waals surface area contributed by atoms with Crippen molar-refractivity contribution in [2.75, 3.05) is 33.2 Å². The van der Waals surface area contributed by atoms with Crippen LogP contribution >= 0.6 is 0 Å². The third-order valence-corrected chi connectivity index (χ3v) is 4.58. The van der Waals surface area contributed by atoms with E-state index in [1.54, 1.807) is 11.0 Å². The zero-order valence-electron chi connectivity index (χ0n) is 14.6. The molecule has 1 aromatic heterocycles. The van der Waals surface area contributed by atoms with Crippen LogP contribution in [-0.4, -0.2) is 58.5 Å². The van der Waals surface area contributed by atoms with Crippen LogP contribution in [0, 0.1) is 5.82 Å². The van der Waals surface area contributed by atoms with Crippen LogP contribution < -0.4 is 11.2 Å². The summed E-state index contributed by atoms with van der Waals surface area (Å²) in [7, 11) is 1.98. The lowest BCUT2D eigenvalue weighted by Crippen LogP contribution is -2.43. The molecule has 138 valence electrons. The molecule has 3 rings (SSSR count). The second kappa shape index (κ2) is 7.65. The first-order valence-electron chi connectivity index (χ1n) is 8.51. The number of benzene rings is 1. The minimum Gasteiger partial charge on any atom is -0.337 e. The zero-order chi connectivity index (χ0) is 18.7. The molecule has 7 nitrogen and oxygen atoms in total. The number of halogens is 1. The molecule has 8 heteroatoms. The predicted octanol–water partition coefficient (Wildman–Crippen LogP) is 0.502. The number of aromatic nitrogens is 2. The molecule has 0 atom stereocenters. The molecule has 1 N–H and O–H groups in total. The Balaban J connectivity index is 1.92. The highest BCUT2D eigenvalue weighted by molar-refractivity contribution is 5.93. The number of carbonyl (C=O) groups is 1. The van der Waals surface area contributed by atoms with Gasteiger partial charge in [-0.1, -0.05) is 18.2 Å². The van der Waals surface area contributed by atoms with Gasteiger partial charge in [0.05, 0.1) is 6.54 Å². The van der Waals surface area contributed by atoms with E-state index < -0.39 is 23.0 Å². The Labute approximate surface area is 149 Å². The fourth-order valence-corrected chi connectivity index (χ4v) is 3.02. The van der Waals surface area contributed by atoms with Crippen molar-refractivity contribution in [2.24, 2.45) is 0 Å². The predicted molar refractivity (Wildman–Crippen MR) is 94.8 cm³/mol. The summed E-state index contributed by atoms with van der Waals surface area (Å²) < 4.78 is 14.7. The Morgan fingerprint density at radius 1 is 1.15 bits per heavy atom. The fourth-order valence-electron chi connectivity index (χ4n) is 3.02. The molecule has 26 heavy (non-hydrogen) atoms. The summed E-state index contributed by atoms with van der Waals surface area (Å²) in [5, 5.41) is 0. The molecule has 1 amide bonds. The van der Waals surface area contributed by atoms with Crippen molar-refractivity contribution in [1.82, 2.24) is 19.4 Å². The minimum atomic E-state index is -0.709. The Kier molecular flexibility index (Phi) is 5.32. The van der Waals surface area contributed by atoms with Crippen LogP contribution in [0.1, 0.15) is 22.3 Å². The largest absolute Gasteiger partial charge is 0.337 e. The van der Waals surface area contributed by atoms with Crippen molar-refractivity contribution >= 4 is 5.91 Å². The van der Waals surface area contributed by atoms with Gasteiger partial charge in [0.25, 0.3) is 11.5 Å². The summed E-state index contributed by atoms with van der Waals surface area (Å²) in [6, 6.07) is 5.92. The smallest absolute Gasteiger partial charge is 0.328 e. The number of rotatable bonds is 3. The van der Waals surface area contributed by atoms with Gasteiger partial charge in [0.2, 0.25) is 0 Å². The molecule has 2 heterocycles. The van der Waals surface area contributed by atoms with Crippen molar-refractivity contribution < 1.29 is 9.18 Å². The SMILES string of the molecule is CN1CCCN(C(=O)c2c[nH]c(=O)n(Cc3ccccc3F)c2=O)CC1. The van der Waals surface area contributed by atoms with Crippen LogP contribution in [0.25, 0.3) is 0 Å². The zero-order valence-corrected chi connectivity index (χ0v) is 14.6. The average Bonchev–Trinajstić information content (AvgIpc) is 2.84. The quantitative estimate of drug-likeness (QED) is 0.865. The van der Waals surface area contributed by atoms with E-state index in [0.29, 0.717) is 13.1 Å². The molecule has 1 fully saturated rings. The number of amides is 1. The number of aromatic amines is 1. The third kappa shape index (κ3) is 3.75. The molecular formula is C18H21FN4O3. The van der Waals surface area contributed by atoms with E-state index >= 15 is 0 Å². The monoisotopic (exact) mass is 360 g/mol. The number of likely N-dealkylation sites (N-methyl/N-ethyl adjacent to an activating group) is 1. The van der Waals surface area contributed by atoms with Gasteiger partial charge < -0.3 is 14.8 Å². The standard InChI is InChI=1S/C18H21FN4O3/c1-21-7-4-8-22(10-9-21)16(24)14-11-20-18(26)23(17(14)25)12-13-5-2-3-6-15(13)19/h2-3,5-6,11H,4,7-10,12H2,1H3,(H,20,26). The minimum absolute atomic E-state index is 0.106. The summed E-state index contributed by atoms with van der Waals surface area (Å²) in [5.74, 6) is -0.921. The van der Waals surface area contributed by atoms with Gasteiger partial charge in [-0.2, -0.15) is 0 Å². The lowest BCUT2D eigenvalue weighted by Gasteiger charge is -2.20. The number of nitrogens with one attached hydrogen (secondary N) is 1. The van der Waals surface area contributed by atoms with E-state index in [4.69, 9.17) is 0 Å². The molecule has 0 bridgehead atoms. The van der Waals surface area contributed by atoms with Crippen molar-refractivity contribution in [3.63, 3.8) is 0 Å². The third-order valence-electron chi connectivity index (χ3n) is 4.58. The normalized spacial score (nSPS) is 15.7. The summed E-state index contributed by atoms with van der Waals surface area (Å²) >= 11 is 0. The van der Waals surface area contributed by atoms with Crippen molar-refractivity contribution in [1.29, 1.82) is 0 Å². The molecule has 0 spiro atoms. The Morgan fingerprint density at radius 3 is 2.69 bits per heavy atom. The van der Waals surface area contributed by atoms with Gasteiger partial charge in [-0.05, 0) is 26.1 Å².